The molecule has 0 fully saturated rings. The lowest BCUT2D eigenvalue weighted by Crippen LogP contribution is -2.26. The zero-order valence-electron chi connectivity index (χ0n) is 13.7. The molecule has 0 amide bonds. The molecule has 0 saturated carbocycles. The minimum atomic E-state index is -3.49. The molecule has 1 aromatic heterocycles. The zero-order chi connectivity index (χ0) is 17.7. The Hall–Kier alpha value is -2.16. The summed E-state index contributed by atoms with van der Waals surface area (Å²) in [6, 6.07) is 16.5. The summed E-state index contributed by atoms with van der Waals surface area (Å²) in [4.78, 5) is 0.274. The van der Waals surface area contributed by atoms with Gasteiger partial charge in [0.2, 0.25) is 10.0 Å². The van der Waals surface area contributed by atoms with E-state index in [1.165, 1.54) is 11.8 Å². The first-order valence-corrected chi connectivity index (χ1v) is 10.2. The number of nitrogens with one attached hydrogen (secondary N) is 1. The summed E-state index contributed by atoms with van der Waals surface area (Å²) in [7, 11) is -3.49. The second-order valence-corrected chi connectivity index (χ2v) is 8.21. The Morgan fingerprint density at radius 3 is 2.52 bits per heavy atom. The van der Waals surface area contributed by atoms with Crippen molar-refractivity contribution in [1.82, 2.24) is 19.5 Å². The lowest BCUT2D eigenvalue weighted by Gasteiger charge is -2.08. The van der Waals surface area contributed by atoms with Crippen LogP contribution in [0.15, 0.2) is 71.0 Å². The van der Waals surface area contributed by atoms with E-state index in [1.54, 1.807) is 30.6 Å². The Morgan fingerprint density at radius 2 is 1.80 bits per heavy atom. The maximum absolute atomic E-state index is 12.2. The highest BCUT2D eigenvalue weighted by molar-refractivity contribution is 7.99. The molecular formula is C17H18N4O2S2. The van der Waals surface area contributed by atoms with Gasteiger partial charge in [-0.25, -0.2) is 13.1 Å². The molecule has 6 nitrogen and oxygen atoms in total. The van der Waals surface area contributed by atoms with Gasteiger partial charge in [0.25, 0.3) is 0 Å². The Bertz CT molecular complexity index is 923. The molecule has 0 aliphatic rings. The van der Waals surface area contributed by atoms with Crippen LogP contribution in [0.5, 0.6) is 0 Å². The van der Waals surface area contributed by atoms with Crippen LogP contribution in [-0.2, 0) is 10.0 Å². The van der Waals surface area contributed by atoms with Gasteiger partial charge in [0.15, 0.2) is 5.16 Å². The number of para-hydroxylation sites is 1. The average Bonchev–Trinajstić information content (AvgIpc) is 3.08. The summed E-state index contributed by atoms with van der Waals surface area (Å²) in [6.07, 6.45) is 1.65. The van der Waals surface area contributed by atoms with Crippen molar-refractivity contribution in [3.8, 4) is 5.69 Å². The summed E-state index contributed by atoms with van der Waals surface area (Å²) in [6.45, 7) is 2.23. The number of sulfonamides is 1. The molecule has 1 heterocycles. The third-order valence-corrected chi connectivity index (χ3v) is 5.93. The van der Waals surface area contributed by atoms with Crippen molar-refractivity contribution in [3.63, 3.8) is 0 Å². The van der Waals surface area contributed by atoms with E-state index >= 15 is 0 Å². The lowest BCUT2D eigenvalue weighted by molar-refractivity contribution is 0.584. The van der Waals surface area contributed by atoms with Crippen molar-refractivity contribution in [2.45, 2.75) is 17.0 Å². The van der Waals surface area contributed by atoms with Gasteiger partial charge >= 0.3 is 0 Å². The van der Waals surface area contributed by atoms with E-state index in [1.807, 2.05) is 41.8 Å². The molecule has 0 aliphatic heterocycles. The normalized spacial score (nSPS) is 11.6. The van der Waals surface area contributed by atoms with E-state index < -0.39 is 10.0 Å². The van der Waals surface area contributed by atoms with Crippen molar-refractivity contribution < 1.29 is 8.42 Å². The highest BCUT2D eigenvalue weighted by Gasteiger charge is 2.13. The minimum Gasteiger partial charge on any atom is -0.277 e. The number of benzene rings is 2. The smallest absolute Gasteiger partial charge is 0.240 e. The van der Waals surface area contributed by atoms with Gasteiger partial charge in [0.05, 0.1) is 4.90 Å². The second kappa shape index (κ2) is 7.81. The van der Waals surface area contributed by atoms with E-state index in [0.29, 0.717) is 12.3 Å². The molecule has 0 saturated heterocycles. The molecule has 0 atom stereocenters. The van der Waals surface area contributed by atoms with E-state index in [2.05, 4.69) is 14.9 Å². The van der Waals surface area contributed by atoms with Crippen LogP contribution < -0.4 is 4.72 Å². The maximum atomic E-state index is 12.2. The molecule has 8 heteroatoms. The van der Waals surface area contributed by atoms with Crippen LogP contribution in [0.1, 0.15) is 5.56 Å². The van der Waals surface area contributed by atoms with Crippen molar-refractivity contribution in [2.75, 3.05) is 12.3 Å². The van der Waals surface area contributed by atoms with Crippen molar-refractivity contribution in [3.05, 3.63) is 66.5 Å². The van der Waals surface area contributed by atoms with Gasteiger partial charge in [0, 0.05) is 18.0 Å². The van der Waals surface area contributed by atoms with Gasteiger partial charge < -0.3 is 0 Å². The molecule has 3 aromatic rings. The molecule has 25 heavy (non-hydrogen) atoms. The number of aromatic nitrogens is 3. The number of aryl methyl sites for hydroxylation is 1. The largest absolute Gasteiger partial charge is 0.277 e. The fourth-order valence-corrected chi connectivity index (χ4v) is 4.15. The zero-order valence-corrected chi connectivity index (χ0v) is 15.3. The molecular weight excluding hydrogens is 356 g/mol. The van der Waals surface area contributed by atoms with E-state index in [0.717, 1.165) is 16.4 Å². The molecule has 0 unspecified atom stereocenters. The number of thioether (sulfide) groups is 1. The molecule has 0 aliphatic carbocycles. The Morgan fingerprint density at radius 1 is 1.08 bits per heavy atom. The third kappa shape index (κ3) is 4.47. The third-order valence-electron chi connectivity index (χ3n) is 3.51. The second-order valence-electron chi connectivity index (χ2n) is 5.38. The monoisotopic (exact) mass is 374 g/mol. The summed E-state index contributed by atoms with van der Waals surface area (Å²) < 4.78 is 29.0. The fourth-order valence-electron chi connectivity index (χ4n) is 2.21. The average molecular weight is 374 g/mol. The predicted octanol–water partition coefficient (Wildman–Crippen LogP) is 2.65. The quantitative estimate of drug-likeness (QED) is 0.508. The van der Waals surface area contributed by atoms with E-state index in [4.69, 9.17) is 0 Å². The van der Waals surface area contributed by atoms with Gasteiger partial charge in [-0.2, -0.15) is 0 Å². The van der Waals surface area contributed by atoms with Gasteiger partial charge in [-0.1, -0.05) is 47.7 Å². The van der Waals surface area contributed by atoms with Crippen LogP contribution in [0, 0.1) is 6.92 Å². The van der Waals surface area contributed by atoms with Gasteiger partial charge in [-0.3, -0.25) is 4.57 Å². The predicted molar refractivity (Wildman–Crippen MR) is 98.5 cm³/mol. The SMILES string of the molecule is Cc1ccc(S(=O)(=O)NCCSc2nncn2-c2ccccc2)cc1. The van der Waals surface area contributed by atoms with Gasteiger partial charge in [-0.05, 0) is 31.2 Å². The van der Waals surface area contributed by atoms with Gasteiger partial charge in [0.1, 0.15) is 6.33 Å². The van der Waals surface area contributed by atoms with Crippen molar-refractivity contribution in [1.29, 1.82) is 0 Å². The molecule has 130 valence electrons. The highest BCUT2D eigenvalue weighted by Crippen LogP contribution is 2.19. The van der Waals surface area contributed by atoms with Crippen LogP contribution in [-0.4, -0.2) is 35.5 Å². The summed E-state index contributed by atoms with van der Waals surface area (Å²) >= 11 is 1.45. The first-order chi connectivity index (χ1) is 12.1. The molecule has 0 radical (unpaired) electrons. The highest BCUT2D eigenvalue weighted by atomic mass is 32.2. The summed E-state index contributed by atoms with van der Waals surface area (Å²) in [5.74, 6) is 0.552. The number of hydrogen-bond acceptors (Lipinski definition) is 5. The maximum Gasteiger partial charge on any atom is 0.240 e. The van der Waals surface area contributed by atoms with Crippen LogP contribution in [0.4, 0.5) is 0 Å². The molecule has 0 spiro atoms. The first kappa shape index (κ1) is 17.7. The van der Waals surface area contributed by atoms with Crippen LogP contribution >= 0.6 is 11.8 Å². The minimum absolute atomic E-state index is 0.274. The first-order valence-electron chi connectivity index (χ1n) is 7.71. The molecule has 0 bridgehead atoms. The van der Waals surface area contributed by atoms with Crippen LogP contribution in [0.3, 0.4) is 0 Å². The van der Waals surface area contributed by atoms with Crippen LogP contribution in [0.25, 0.3) is 5.69 Å². The Balaban J connectivity index is 1.58. The molecule has 1 N–H and O–H groups in total. The topological polar surface area (TPSA) is 76.9 Å². The van der Waals surface area contributed by atoms with E-state index in [9.17, 15) is 8.42 Å². The number of hydrogen-bond donors (Lipinski definition) is 1. The van der Waals surface area contributed by atoms with Crippen molar-refractivity contribution in [2.24, 2.45) is 0 Å². The Kier molecular flexibility index (Phi) is 5.52. The fraction of sp³-hybridized carbons (Fsp3) is 0.176. The lowest BCUT2D eigenvalue weighted by atomic mass is 10.2. The van der Waals surface area contributed by atoms with Crippen LogP contribution in [0.2, 0.25) is 0 Å². The standard InChI is InChI=1S/C17H18N4O2S2/c1-14-7-9-16(10-8-14)25(22,23)19-11-12-24-17-20-18-13-21(17)15-5-3-2-4-6-15/h2-10,13,19H,11-12H2,1H3. The molecule has 2 aromatic carbocycles. The van der Waals surface area contributed by atoms with Crippen molar-refractivity contribution >= 4 is 21.8 Å². The number of rotatable bonds is 7. The Labute approximate surface area is 151 Å². The summed E-state index contributed by atoms with van der Waals surface area (Å²) in [5.41, 5.74) is 1.99. The number of nitrogens with zero attached hydrogens (tertiary/aromatic N) is 3. The van der Waals surface area contributed by atoms with E-state index in [-0.39, 0.29) is 4.90 Å². The van der Waals surface area contributed by atoms with Gasteiger partial charge in [-0.15, -0.1) is 10.2 Å². The molecule has 3 rings (SSSR count). The summed E-state index contributed by atoms with van der Waals surface area (Å²) in [5, 5.41) is 8.75.